The van der Waals surface area contributed by atoms with Crippen LogP contribution in [0.4, 0.5) is 0 Å². The highest BCUT2D eigenvalue weighted by atomic mass is 16.5. The van der Waals surface area contributed by atoms with Gasteiger partial charge in [-0.25, -0.2) is 0 Å². The van der Waals surface area contributed by atoms with Gasteiger partial charge in [0, 0.05) is 25.3 Å². The van der Waals surface area contributed by atoms with Gasteiger partial charge in [-0.3, -0.25) is 4.79 Å². The summed E-state index contributed by atoms with van der Waals surface area (Å²) in [7, 11) is 3.16. The van der Waals surface area contributed by atoms with Crippen LogP contribution in [0.3, 0.4) is 0 Å². The van der Waals surface area contributed by atoms with Crippen molar-refractivity contribution < 1.29 is 19.0 Å². The van der Waals surface area contributed by atoms with Crippen molar-refractivity contribution in [2.75, 3.05) is 27.4 Å². The molecule has 128 valence electrons. The molecule has 0 N–H and O–H groups in total. The molecule has 1 aliphatic rings. The quantitative estimate of drug-likeness (QED) is 0.836. The van der Waals surface area contributed by atoms with Crippen LogP contribution in [0.5, 0.6) is 11.5 Å². The van der Waals surface area contributed by atoms with E-state index < -0.39 is 0 Å². The summed E-state index contributed by atoms with van der Waals surface area (Å²) in [5.41, 5.74) is 0.375. The Kier molecular flexibility index (Phi) is 5.52. The summed E-state index contributed by atoms with van der Waals surface area (Å²) < 4.78 is 16.4. The number of hydrogen-bond acceptors (Lipinski definition) is 4. The van der Waals surface area contributed by atoms with E-state index in [0.29, 0.717) is 30.2 Å². The van der Waals surface area contributed by atoms with E-state index in [9.17, 15) is 4.79 Å². The van der Waals surface area contributed by atoms with Gasteiger partial charge in [0.15, 0.2) is 0 Å². The number of nitrogens with zero attached hydrogens (tertiary/aromatic N) is 1. The minimum Gasteiger partial charge on any atom is -0.497 e. The number of carbonyl (C=O) groups is 1. The lowest BCUT2D eigenvalue weighted by Gasteiger charge is -2.41. The predicted molar refractivity (Wildman–Crippen MR) is 89.3 cm³/mol. The van der Waals surface area contributed by atoms with Gasteiger partial charge in [0.1, 0.15) is 11.5 Å². The van der Waals surface area contributed by atoms with Crippen LogP contribution in [0.2, 0.25) is 0 Å². The van der Waals surface area contributed by atoms with Crippen LogP contribution in [0.1, 0.15) is 44.0 Å². The predicted octanol–water partition coefficient (Wildman–Crippen LogP) is 3.12. The Morgan fingerprint density at radius 1 is 1.35 bits per heavy atom. The van der Waals surface area contributed by atoms with Gasteiger partial charge in [-0.1, -0.05) is 0 Å². The molecule has 1 heterocycles. The van der Waals surface area contributed by atoms with Crippen LogP contribution in [0.25, 0.3) is 0 Å². The molecule has 23 heavy (non-hydrogen) atoms. The SMILES string of the molecule is CCN(C(=O)c1ccc(OC)cc1OC)C1CCOC(C)(C)C1. The van der Waals surface area contributed by atoms with Crippen LogP contribution in [0, 0.1) is 0 Å². The van der Waals surface area contributed by atoms with Crippen LogP contribution in [-0.4, -0.2) is 49.8 Å². The molecule has 0 bridgehead atoms. The first kappa shape index (κ1) is 17.6. The average molecular weight is 321 g/mol. The Bertz CT molecular complexity index is 556. The molecule has 0 saturated carbocycles. The van der Waals surface area contributed by atoms with Crippen molar-refractivity contribution >= 4 is 5.91 Å². The third kappa shape index (κ3) is 3.96. The maximum Gasteiger partial charge on any atom is 0.257 e. The molecule has 1 unspecified atom stereocenters. The fraction of sp³-hybridized carbons (Fsp3) is 0.611. The van der Waals surface area contributed by atoms with Crippen molar-refractivity contribution in [3.8, 4) is 11.5 Å². The Morgan fingerprint density at radius 2 is 2.09 bits per heavy atom. The van der Waals surface area contributed by atoms with E-state index in [0.717, 1.165) is 12.8 Å². The van der Waals surface area contributed by atoms with Crippen molar-refractivity contribution in [1.29, 1.82) is 0 Å². The number of carbonyl (C=O) groups excluding carboxylic acids is 1. The Balaban J connectivity index is 2.26. The smallest absolute Gasteiger partial charge is 0.257 e. The zero-order valence-electron chi connectivity index (χ0n) is 14.7. The number of rotatable bonds is 5. The molecule has 1 amide bonds. The monoisotopic (exact) mass is 321 g/mol. The number of amides is 1. The van der Waals surface area contributed by atoms with Gasteiger partial charge in [-0.05, 0) is 45.7 Å². The molecule has 1 fully saturated rings. The molecule has 2 rings (SSSR count). The molecule has 1 aromatic rings. The Labute approximate surface area is 138 Å². The summed E-state index contributed by atoms with van der Waals surface area (Å²) in [4.78, 5) is 15.0. The maximum absolute atomic E-state index is 13.0. The van der Waals surface area contributed by atoms with Gasteiger partial charge >= 0.3 is 0 Å². The summed E-state index contributed by atoms with van der Waals surface area (Å²) in [6, 6.07) is 5.49. The van der Waals surface area contributed by atoms with Crippen molar-refractivity contribution in [3.63, 3.8) is 0 Å². The normalized spacial score (nSPS) is 20.0. The van der Waals surface area contributed by atoms with E-state index in [4.69, 9.17) is 14.2 Å². The number of hydrogen-bond donors (Lipinski definition) is 0. The van der Waals surface area contributed by atoms with E-state index in [1.165, 1.54) is 0 Å². The second-order valence-corrected chi connectivity index (χ2v) is 6.41. The molecule has 1 saturated heterocycles. The van der Waals surface area contributed by atoms with Gasteiger partial charge < -0.3 is 19.1 Å². The van der Waals surface area contributed by atoms with Gasteiger partial charge in [0.25, 0.3) is 5.91 Å². The second-order valence-electron chi connectivity index (χ2n) is 6.41. The van der Waals surface area contributed by atoms with Crippen molar-refractivity contribution in [3.05, 3.63) is 23.8 Å². The third-order valence-electron chi connectivity index (χ3n) is 4.35. The molecule has 0 aromatic heterocycles. The van der Waals surface area contributed by atoms with Crippen LogP contribution >= 0.6 is 0 Å². The minimum atomic E-state index is -0.194. The summed E-state index contributed by atoms with van der Waals surface area (Å²) >= 11 is 0. The average Bonchev–Trinajstić information content (AvgIpc) is 2.53. The summed E-state index contributed by atoms with van der Waals surface area (Å²) in [6.45, 7) is 7.50. The highest BCUT2D eigenvalue weighted by Gasteiger charge is 2.34. The zero-order valence-corrected chi connectivity index (χ0v) is 14.7. The first-order valence-electron chi connectivity index (χ1n) is 8.08. The third-order valence-corrected chi connectivity index (χ3v) is 4.35. The lowest BCUT2D eigenvalue weighted by Crippen LogP contribution is -2.48. The molecule has 0 spiro atoms. The first-order valence-corrected chi connectivity index (χ1v) is 8.08. The molecular weight excluding hydrogens is 294 g/mol. The maximum atomic E-state index is 13.0. The lowest BCUT2D eigenvalue weighted by atomic mass is 9.92. The molecule has 5 heteroatoms. The minimum absolute atomic E-state index is 0.00490. The van der Waals surface area contributed by atoms with Gasteiger partial charge in [-0.2, -0.15) is 0 Å². The van der Waals surface area contributed by atoms with E-state index in [1.54, 1.807) is 32.4 Å². The van der Waals surface area contributed by atoms with Gasteiger partial charge in [-0.15, -0.1) is 0 Å². The van der Waals surface area contributed by atoms with Gasteiger partial charge in [0.2, 0.25) is 0 Å². The summed E-state index contributed by atoms with van der Waals surface area (Å²) in [6.07, 6.45) is 1.70. The van der Waals surface area contributed by atoms with E-state index in [1.807, 2.05) is 11.8 Å². The fourth-order valence-electron chi connectivity index (χ4n) is 3.16. The number of benzene rings is 1. The standard InChI is InChI=1S/C18H27NO4/c1-6-19(13-9-10-23-18(2,3)12-13)17(20)15-8-7-14(21-4)11-16(15)22-5/h7-8,11,13H,6,9-10,12H2,1-5H3. The zero-order chi connectivity index (χ0) is 17.0. The second kappa shape index (κ2) is 7.21. The first-order chi connectivity index (χ1) is 10.9. The highest BCUT2D eigenvalue weighted by molar-refractivity contribution is 5.97. The molecule has 0 aliphatic carbocycles. The van der Waals surface area contributed by atoms with Crippen molar-refractivity contribution in [1.82, 2.24) is 4.90 Å². The number of methoxy groups -OCH3 is 2. The van der Waals surface area contributed by atoms with Crippen molar-refractivity contribution in [2.24, 2.45) is 0 Å². The van der Waals surface area contributed by atoms with E-state index in [2.05, 4.69) is 13.8 Å². The molecule has 1 atom stereocenters. The lowest BCUT2D eigenvalue weighted by molar-refractivity contribution is -0.0777. The highest BCUT2D eigenvalue weighted by Crippen LogP contribution is 2.31. The molecule has 1 aromatic carbocycles. The van der Waals surface area contributed by atoms with E-state index in [-0.39, 0.29) is 17.6 Å². The van der Waals surface area contributed by atoms with Crippen molar-refractivity contribution in [2.45, 2.75) is 45.3 Å². The summed E-state index contributed by atoms with van der Waals surface area (Å²) in [5.74, 6) is 1.21. The summed E-state index contributed by atoms with van der Waals surface area (Å²) in [5, 5.41) is 0. The molecule has 1 aliphatic heterocycles. The Morgan fingerprint density at radius 3 is 2.65 bits per heavy atom. The van der Waals surface area contributed by atoms with Crippen LogP contribution in [0.15, 0.2) is 18.2 Å². The topological polar surface area (TPSA) is 48.0 Å². The van der Waals surface area contributed by atoms with Gasteiger partial charge in [0.05, 0.1) is 25.4 Å². The molecule has 0 radical (unpaired) electrons. The van der Waals surface area contributed by atoms with Crippen LogP contribution < -0.4 is 9.47 Å². The van der Waals surface area contributed by atoms with E-state index >= 15 is 0 Å². The largest absolute Gasteiger partial charge is 0.497 e. The number of ether oxygens (including phenoxy) is 3. The fourth-order valence-corrected chi connectivity index (χ4v) is 3.16. The molecule has 5 nitrogen and oxygen atoms in total. The Hall–Kier alpha value is -1.75. The molecular formula is C18H27NO4. The van der Waals surface area contributed by atoms with Crippen LogP contribution in [-0.2, 0) is 4.74 Å².